The van der Waals surface area contributed by atoms with Crippen LogP contribution in [0.2, 0.25) is 0 Å². The molecule has 0 saturated heterocycles. The highest BCUT2D eigenvalue weighted by atomic mass is 79.9. The second-order valence-corrected chi connectivity index (χ2v) is 10.4. The predicted molar refractivity (Wildman–Crippen MR) is 137 cm³/mol. The summed E-state index contributed by atoms with van der Waals surface area (Å²) in [6.07, 6.45) is 3.60. The largest absolute Gasteiger partial charge is 0.396 e. The fourth-order valence-electron chi connectivity index (χ4n) is 4.09. The molecular weight excluding hydrogens is 486 g/mol. The number of rotatable bonds is 8. The van der Waals surface area contributed by atoms with Crippen molar-refractivity contribution in [1.82, 2.24) is 14.3 Å². The Morgan fingerprint density at radius 3 is 2.59 bits per heavy atom. The minimum absolute atomic E-state index is 0.0709. The molecule has 168 valence electrons. The Morgan fingerprint density at radius 1 is 1.12 bits per heavy atom. The van der Waals surface area contributed by atoms with Gasteiger partial charge in [0, 0.05) is 42.0 Å². The summed E-state index contributed by atoms with van der Waals surface area (Å²) in [5.41, 5.74) is 2.09. The summed E-state index contributed by atoms with van der Waals surface area (Å²) in [5.74, 6) is 1.19. The van der Waals surface area contributed by atoms with E-state index in [1.54, 1.807) is 18.8 Å². The third-order valence-corrected chi connectivity index (χ3v) is 7.46. The van der Waals surface area contributed by atoms with Crippen molar-refractivity contribution in [3.63, 3.8) is 0 Å². The lowest BCUT2D eigenvalue weighted by Crippen LogP contribution is -2.22. The number of hydrogen-bond donors (Lipinski definition) is 1. The summed E-state index contributed by atoms with van der Waals surface area (Å²) in [6.45, 7) is 5.14. The van der Waals surface area contributed by atoms with E-state index in [9.17, 15) is 9.90 Å². The second-order valence-electron chi connectivity index (χ2n) is 8.50. The van der Waals surface area contributed by atoms with E-state index in [2.05, 4.69) is 76.0 Å². The third-order valence-electron chi connectivity index (χ3n) is 5.56. The molecule has 0 aliphatic heterocycles. The molecule has 0 unspecified atom stereocenters. The minimum atomic E-state index is -0.0709. The number of thioether (sulfide) groups is 1. The van der Waals surface area contributed by atoms with Gasteiger partial charge in [0.1, 0.15) is 0 Å². The zero-order valence-corrected chi connectivity index (χ0v) is 21.0. The van der Waals surface area contributed by atoms with E-state index in [-0.39, 0.29) is 12.2 Å². The van der Waals surface area contributed by atoms with Crippen molar-refractivity contribution in [3.05, 3.63) is 68.7 Å². The average molecular weight is 514 g/mol. The molecule has 4 rings (SSSR count). The quantitative estimate of drug-likeness (QED) is 0.254. The van der Waals surface area contributed by atoms with Gasteiger partial charge in [0.25, 0.3) is 5.56 Å². The lowest BCUT2D eigenvalue weighted by molar-refractivity contribution is 0.296. The maximum atomic E-state index is 13.2. The molecule has 2 heterocycles. The normalized spacial score (nSPS) is 11.8. The number of aromatic nitrogens is 3. The van der Waals surface area contributed by atoms with Gasteiger partial charge in [-0.15, -0.1) is 11.8 Å². The number of hydrogen-bond acceptors (Lipinski definition) is 4. The molecular formula is C25H28BrN3O2S. The molecule has 0 aliphatic carbocycles. The van der Waals surface area contributed by atoms with Crippen LogP contribution in [0, 0.1) is 5.92 Å². The molecule has 7 heteroatoms. The minimum Gasteiger partial charge on any atom is -0.396 e. The highest BCUT2D eigenvalue weighted by Crippen LogP contribution is 2.33. The van der Waals surface area contributed by atoms with Gasteiger partial charge < -0.3 is 9.67 Å². The van der Waals surface area contributed by atoms with Crippen LogP contribution >= 0.6 is 27.7 Å². The summed E-state index contributed by atoms with van der Waals surface area (Å²) < 4.78 is 4.73. The van der Waals surface area contributed by atoms with Crippen LogP contribution in [-0.4, -0.2) is 31.8 Å². The zero-order valence-electron chi connectivity index (χ0n) is 18.6. The summed E-state index contributed by atoms with van der Waals surface area (Å²) in [4.78, 5) is 13.2. The summed E-state index contributed by atoms with van der Waals surface area (Å²) in [6, 6.07) is 12.6. The topological polar surface area (TPSA) is 60.1 Å². The van der Waals surface area contributed by atoms with Crippen molar-refractivity contribution >= 4 is 49.2 Å². The van der Waals surface area contributed by atoms with Crippen molar-refractivity contribution in [1.29, 1.82) is 0 Å². The Kier molecular flexibility index (Phi) is 7.08. The molecule has 32 heavy (non-hydrogen) atoms. The van der Waals surface area contributed by atoms with Crippen LogP contribution in [0.3, 0.4) is 0 Å². The molecule has 1 N–H and O–H groups in total. The maximum Gasteiger partial charge on any atom is 0.277 e. The molecule has 0 bridgehead atoms. The average Bonchev–Trinajstić information content (AvgIpc) is 3.12. The van der Waals surface area contributed by atoms with Crippen LogP contribution < -0.4 is 5.56 Å². The molecule has 2 aromatic carbocycles. The molecule has 0 radical (unpaired) electrons. The number of aryl methyl sites for hydroxylation is 1. The van der Waals surface area contributed by atoms with Gasteiger partial charge in [-0.05, 0) is 41.2 Å². The van der Waals surface area contributed by atoms with Gasteiger partial charge >= 0.3 is 0 Å². The van der Waals surface area contributed by atoms with Gasteiger partial charge in [-0.25, -0.2) is 4.68 Å². The monoisotopic (exact) mass is 513 g/mol. The molecule has 0 amide bonds. The molecule has 4 aromatic rings. The van der Waals surface area contributed by atoms with Crippen LogP contribution in [-0.2, 0) is 20.0 Å². The Balaban J connectivity index is 1.90. The van der Waals surface area contributed by atoms with Gasteiger partial charge in [0.15, 0.2) is 0 Å². The number of aliphatic hydroxyl groups is 1. The Bertz CT molecular complexity index is 1330. The fraction of sp³-hybridized carbons (Fsp3) is 0.360. The van der Waals surface area contributed by atoms with Crippen molar-refractivity contribution in [2.24, 2.45) is 13.0 Å². The second kappa shape index (κ2) is 9.81. The number of fused-ring (bicyclic) bond motifs is 2. The zero-order chi connectivity index (χ0) is 22.8. The Labute approximate surface area is 200 Å². The highest BCUT2D eigenvalue weighted by molar-refractivity contribution is 9.10. The molecule has 0 spiro atoms. The van der Waals surface area contributed by atoms with E-state index >= 15 is 0 Å². The summed E-state index contributed by atoms with van der Waals surface area (Å²) in [5, 5.41) is 18.9. The summed E-state index contributed by atoms with van der Waals surface area (Å²) >= 11 is 5.30. The first-order valence-corrected chi connectivity index (χ1v) is 12.7. The molecule has 0 atom stereocenters. The predicted octanol–water partition coefficient (Wildman–Crippen LogP) is 5.37. The molecule has 0 aliphatic rings. The van der Waals surface area contributed by atoms with Crippen LogP contribution in [0.15, 0.2) is 56.9 Å². The Morgan fingerprint density at radius 2 is 1.88 bits per heavy atom. The summed E-state index contributed by atoms with van der Waals surface area (Å²) in [7, 11) is 1.73. The maximum absolute atomic E-state index is 13.2. The van der Waals surface area contributed by atoms with Crippen LogP contribution in [0.5, 0.6) is 0 Å². The lowest BCUT2D eigenvalue weighted by atomic mass is 10.0. The molecule has 2 aromatic heterocycles. The Hall–Kier alpha value is -2.09. The van der Waals surface area contributed by atoms with Crippen LogP contribution in [0.1, 0.15) is 31.5 Å². The van der Waals surface area contributed by atoms with Crippen LogP contribution in [0.25, 0.3) is 21.5 Å². The van der Waals surface area contributed by atoms with Gasteiger partial charge in [-0.3, -0.25) is 4.79 Å². The first kappa shape index (κ1) is 23.1. The van der Waals surface area contributed by atoms with Gasteiger partial charge in [0.2, 0.25) is 0 Å². The van der Waals surface area contributed by atoms with E-state index in [1.165, 1.54) is 21.0 Å². The first-order valence-electron chi connectivity index (χ1n) is 10.9. The number of benzene rings is 2. The molecule has 0 saturated carbocycles. The van der Waals surface area contributed by atoms with E-state index in [0.29, 0.717) is 18.9 Å². The van der Waals surface area contributed by atoms with E-state index in [1.807, 2.05) is 6.07 Å². The van der Waals surface area contributed by atoms with Crippen molar-refractivity contribution < 1.29 is 5.11 Å². The van der Waals surface area contributed by atoms with Crippen molar-refractivity contribution in [3.8, 4) is 0 Å². The van der Waals surface area contributed by atoms with Gasteiger partial charge in [-0.1, -0.05) is 60.1 Å². The standard InChI is InChI=1S/C25H28BrN3O2S/c1-16(2)13-22-20-15-29(14-17-9-10-21(26)19-8-5-4-7-18(17)19)25(32-12-6-11-30)23(20)24(31)28(3)27-22/h4-5,7-10,15-16,30H,6,11-14H2,1-3H3. The number of halogens is 1. The number of nitrogens with zero attached hydrogens (tertiary/aromatic N) is 3. The van der Waals surface area contributed by atoms with E-state index < -0.39 is 0 Å². The highest BCUT2D eigenvalue weighted by Gasteiger charge is 2.20. The smallest absolute Gasteiger partial charge is 0.277 e. The van der Waals surface area contributed by atoms with E-state index in [4.69, 9.17) is 0 Å². The first-order chi connectivity index (χ1) is 15.4. The fourth-order valence-corrected chi connectivity index (χ4v) is 5.66. The SMILES string of the molecule is CC(C)Cc1nn(C)c(=O)c2c(SCCCO)n(Cc3ccc(Br)c4ccccc34)cc12. The lowest BCUT2D eigenvalue weighted by Gasteiger charge is -2.12. The van der Waals surface area contributed by atoms with Crippen molar-refractivity contribution in [2.75, 3.05) is 12.4 Å². The van der Waals surface area contributed by atoms with E-state index in [0.717, 1.165) is 38.1 Å². The number of aliphatic hydroxyl groups excluding tert-OH is 1. The molecule has 5 nitrogen and oxygen atoms in total. The van der Waals surface area contributed by atoms with Gasteiger partial charge in [-0.2, -0.15) is 5.10 Å². The van der Waals surface area contributed by atoms with Crippen molar-refractivity contribution in [2.45, 2.75) is 38.3 Å². The van der Waals surface area contributed by atoms with Gasteiger partial charge in [0.05, 0.1) is 16.1 Å². The third kappa shape index (κ3) is 4.51. The van der Waals surface area contributed by atoms with Crippen LogP contribution in [0.4, 0.5) is 0 Å². The molecule has 0 fully saturated rings.